The average Bonchev–Trinajstić information content (AvgIpc) is 2.58. The Morgan fingerprint density at radius 3 is 2.55 bits per heavy atom. The van der Waals surface area contributed by atoms with Gasteiger partial charge in [0, 0.05) is 12.1 Å². The Labute approximate surface area is 133 Å². The Kier molecular flexibility index (Phi) is 5.14. The van der Waals surface area contributed by atoms with Crippen molar-refractivity contribution in [1.29, 1.82) is 0 Å². The SMILES string of the molecule is C[C@H](NC1C2CCC(CC2)C1CCOC=O)c1ccccc1. The molecule has 3 heteroatoms. The van der Waals surface area contributed by atoms with Gasteiger partial charge in [0.25, 0.3) is 6.47 Å². The molecule has 3 aliphatic rings. The van der Waals surface area contributed by atoms with Gasteiger partial charge in [0.05, 0.1) is 6.61 Å². The zero-order valence-electron chi connectivity index (χ0n) is 13.4. The van der Waals surface area contributed by atoms with Crippen LogP contribution >= 0.6 is 0 Å². The first kappa shape index (κ1) is 15.5. The van der Waals surface area contributed by atoms with E-state index in [1.165, 1.54) is 31.2 Å². The normalized spacial score (nSPS) is 31.7. The number of benzene rings is 1. The van der Waals surface area contributed by atoms with E-state index in [9.17, 15) is 4.79 Å². The van der Waals surface area contributed by atoms with Crippen LogP contribution in [0.25, 0.3) is 0 Å². The fourth-order valence-corrected chi connectivity index (χ4v) is 4.63. The van der Waals surface area contributed by atoms with E-state index in [1.807, 2.05) is 0 Å². The number of ether oxygens (including phenoxy) is 1. The standard InChI is InChI=1S/C19H27NO2/c1-14(15-5-3-2-4-6-15)20-19-17-9-7-16(8-10-17)18(19)11-12-22-13-21/h2-6,13-14,16-20H,7-12H2,1H3/t14-,16?,17?,18?,19?/m0/s1. The summed E-state index contributed by atoms with van der Waals surface area (Å²) < 4.78 is 4.97. The van der Waals surface area contributed by atoms with Crippen LogP contribution in [0.4, 0.5) is 0 Å². The lowest BCUT2D eigenvalue weighted by atomic mass is 9.60. The van der Waals surface area contributed by atoms with Crippen molar-refractivity contribution in [3.8, 4) is 0 Å². The lowest BCUT2D eigenvalue weighted by Crippen LogP contribution is -2.52. The van der Waals surface area contributed by atoms with E-state index in [-0.39, 0.29) is 0 Å². The van der Waals surface area contributed by atoms with Gasteiger partial charge in [0.2, 0.25) is 0 Å². The van der Waals surface area contributed by atoms with Gasteiger partial charge in [-0.1, -0.05) is 30.3 Å². The number of carbonyl (C=O) groups is 1. The number of rotatable bonds is 7. The molecule has 0 aromatic heterocycles. The molecular formula is C19H27NO2. The molecule has 1 N–H and O–H groups in total. The molecule has 0 saturated heterocycles. The minimum Gasteiger partial charge on any atom is -0.468 e. The second-order valence-electron chi connectivity index (χ2n) is 6.92. The molecule has 1 aromatic rings. The molecule has 0 heterocycles. The minimum absolute atomic E-state index is 0.375. The van der Waals surface area contributed by atoms with Crippen LogP contribution in [0, 0.1) is 17.8 Å². The molecule has 1 aromatic carbocycles. The van der Waals surface area contributed by atoms with Crippen LogP contribution in [0.3, 0.4) is 0 Å². The van der Waals surface area contributed by atoms with Crippen LogP contribution in [0.2, 0.25) is 0 Å². The number of carbonyl (C=O) groups excluding carboxylic acids is 1. The Bertz CT molecular complexity index is 468. The van der Waals surface area contributed by atoms with Gasteiger partial charge in [0.15, 0.2) is 0 Å². The highest BCUT2D eigenvalue weighted by atomic mass is 16.5. The number of fused-ring (bicyclic) bond motifs is 3. The Hall–Kier alpha value is -1.35. The largest absolute Gasteiger partial charge is 0.468 e. The molecule has 0 radical (unpaired) electrons. The van der Waals surface area contributed by atoms with Crippen molar-refractivity contribution >= 4 is 6.47 Å². The summed E-state index contributed by atoms with van der Waals surface area (Å²) >= 11 is 0. The van der Waals surface area contributed by atoms with Crippen molar-refractivity contribution in [1.82, 2.24) is 5.32 Å². The maximum Gasteiger partial charge on any atom is 0.293 e. The quantitative estimate of drug-likeness (QED) is 0.616. The summed E-state index contributed by atoms with van der Waals surface area (Å²) in [4.78, 5) is 10.4. The van der Waals surface area contributed by atoms with Crippen LogP contribution in [-0.2, 0) is 9.53 Å². The molecule has 22 heavy (non-hydrogen) atoms. The van der Waals surface area contributed by atoms with Crippen LogP contribution in [-0.4, -0.2) is 19.1 Å². The summed E-state index contributed by atoms with van der Waals surface area (Å²) in [6, 6.07) is 11.6. The summed E-state index contributed by atoms with van der Waals surface area (Å²) in [6.07, 6.45) is 6.42. The van der Waals surface area contributed by atoms with E-state index < -0.39 is 0 Å². The highest BCUT2D eigenvalue weighted by molar-refractivity contribution is 5.36. The summed E-state index contributed by atoms with van der Waals surface area (Å²) in [5.74, 6) is 2.25. The van der Waals surface area contributed by atoms with Crippen LogP contribution in [0.15, 0.2) is 30.3 Å². The Morgan fingerprint density at radius 1 is 1.18 bits per heavy atom. The van der Waals surface area contributed by atoms with Crippen LogP contribution < -0.4 is 5.32 Å². The topological polar surface area (TPSA) is 38.3 Å². The van der Waals surface area contributed by atoms with Gasteiger partial charge < -0.3 is 10.1 Å². The number of hydrogen-bond donors (Lipinski definition) is 1. The second-order valence-corrected chi connectivity index (χ2v) is 6.92. The van der Waals surface area contributed by atoms with E-state index >= 15 is 0 Å². The molecule has 0 amide bonds. The predicted molar refractivity (Wildman–Crippen MR) is 87.4 cm³/mol. The molecule has 120 valence electrons. The molecule has 3 aliphatic carbocycles. The fourth-order valence-electron chi connectivity index (χ4n) is 4.63. The molecule has 3 nitrogen and oxygen atoms in total. The maximum absolute atomic E-state index is 10.4. The van der Waals surface area contributed by atoms with Gasteiger partial charge in [-0.3, -0.25) is 4.79 Å². The van der Waals surface area contributed by atoms with Crippen LogP contribution in [0.1, 0.15) is 50.6 Å². The van der Waals surface area contributed by atoms with E-state index in [2.05, 4.69) is 42.6 Å². The van der Waals surface area contributed by atoms with Crippen molar-refractivity contribution in [2.24, 2.45) is 17.8 Å². The second kappa shape index (κ2) is 7.28. The minimum atomic E-state index is 0.375. The van der Waals surface area contributed by atoms with Crippen molar-refractivity contribution < 1.29 is 9.53 Å². The van der Waals surface area contributed by atoms with Gasteiger partial charge in [0.1, 0.15) is 0 Å². The lowest BCUT2D eigenvalue weighted by molar-refractivity contribution is -0.129. The highest BCUT2D eigenvalue weighted by Gasteiger charge is 2.43. The summed E-state index contributed by atoms with van der Waals surface area (Å²) in [7, 11) is 0. The number of hydrogen-bond acceptors (Lipinski definition) is 3. The van der Waals surface area contributed by atoms with E-state index in [4.69, 9.17) is 4.74 Å². The molecule has 4 rings (SSSR count). The van der Waals surface area contributed by atoms with Gasteiger partial charge >= 0.3 is 0 Å². The molecule has 2 bridgehead atoms. The van der Waals surface area contributed by atoms with Crippen molar-refractivity contribution in [2.75, 3.05) is 6.61 Å². The zero-order chi connectivity index (χ0) is 15.4. The molecule has 2 unspecified atom stereocenters. The highest BCUT2D eigenvalue weighted by Crippen LogP contribution is 2.47. The molecule has 3 saturated carbocycles. The van der Waals surface area contributed by atoms with Crippen molar-refractivity contribution in [2.45, 2.75) is 51.1 Å². The monoisotopic (exact) mass is 301 g/mol. The van der Waals surface area contributed by atoms with Crippen molar-refractivity contribution in [3.05, 3.63) is 35.9 Å². The third kappa shape index (κ3) is 3.35. The Morgan fingerprint density at radius 2 is 1.86 bits per heavy atom. The fraction of sp³-hybridized carbons (Fsp3) is 0.632. The molecule has 0 aliphatic heterocycles. The lowest BCUT2D eigenvalue weighted by Gasteiger charge is -2.50. The van der Waals surface area contributed by atoms with Crippen LogP contribution in [0.5, 0.6) is 0 Å². The summed E-state index contributed by atoms with van der Waals surface area (Å²) in [5, 5.41) is 3.90. The van der Waals surface area contributed by atoms with Gasteiger partial charge in [-0.05, 0) is 62.3 Å². The van der Waals surface area contributed by atoms with E-state index in [1.54, 1.807) is 0 Å². The zero-order valence-corrected chi connectivity index (χ0v) is 13.4. The maximum atomic E-state index is 10.4. The first-order chi connectivity index (χ1) is 10.8. The van der Waals surface area contributed by atoms with Gasteiger partial charge in [-0.2, -0.15) is 0 Å². The van der Waals surface area contributed by atoms with Gasteiger partial charge in [-0.25, -0.2) is 0 Å². The molecule has 3 atom stereocenters. The number of nitrogens with one attached hydrogen (secondary N) is 1. The first-order valence-electron chi connectivity index (χ1n) is 8.66. The van der Waals surface area contributed by atoms with E-state index in [0.29, 0.717) is 31.1 Å². The summed E-state index contributed by atoms with van der Waals surface area (Å²) in [5.41, 5.74) is 1.35. The predicted octanol–water partition coefficient (Wildman–Crippen LogP) is 3.71. The first-order valence-corrected chi connectivity index (χ1v) is 8.66. The summed E-state index contributed by atoms with van der Waals surface area (Å²) in [6.45, 7) is 3.40. The smallest absolute Gasteiger partial charge is 0.293 e. The average molecular weight is 301 g/mol. The van der Waals surface area contributed by atoms with Gasteiger partial charge in [-0.15, -0.1) is 0 Å². The molecule has 0 spiro atoms. The molecular weight excluding hydrogens is 274 g/mol. The van der Waals surface area contributed by atoms with E-state index in [0.717, 1.165) is 18.3 Å². The molecule has 3 fully saturated rings. The Balaban J connectivity index is 1.67. The van der Waals surface area contributed by atoms with Crippen molar-refractivity contribution in [3.63, 3.8) is 0 Å². The third-order valence-electron chi connectivity index (χ3n) is 5.77. The third-order valence-corrected chi connectivity index (χ3v) is 5.77.